The minimum absolute atomic E-state index is 0.0516. The maximum Gasteiger partial charge on any atom is 0.416 e. The maximum absolute atomic E-state index is 12.6. The minimum Gasteiger partial charge on any atom is -0.350 e. The van der Waals surface area contributed by atoms with Crippen LogP contribution in [0, 0.1) is 0 Å². The van der Waals surface area contributed by atoms with Crippen molar-refractivity contribution in [2.45, 2.75) is 12.7 Å². The Morgan fingerprint density at radius 3 is 2.29 bits per heavy atom. The molecule has 0 spiro atoms. The van der Waals surface area contributed by atoms with Gasteiger partial charge in [0.1, 0.15) is 0 Å². The molecule has 4 nitrogen and oxygen atoms in total. The van der Waals surface area contributed by atoms with Gasteiger partial charge in [0.15, 0.2) is 0 Å². The van der Waals surface area contributed by atoms with Gasteiger partial charge in [0.25, 0.3) is 5.91 Å². The van der Waals surface area contributed by atoms with Gasteiger partial charge in [-0.3, -0.25) is 9.59 Å². The molecular weight excluding hydrogens is 321 g/mol. The molecule has 0 aliphatic carbocycles. The molecule has 0 aliphatic heterocycles. The zero-order valence-corrected chi connectivity index (χ0v) is 12.6. The molecule has 0 saturated carbocycles. The third-order valence-corrected chi connectivity index (χ3v) is 3.19. The van der Waals surface area contributed by atoms with E-state index in [0.29, 0.717) is 11.1 Å². The van der Waals surface area contributed by atoms with Gasteiger partial charge in [-0.2, -0.15) is 13.2 Å². The molecule has 0 atom stereocenters. The van der Waals surface area contributed by atoms with E-state index in [1.807, 2.05) is 0 Å². The average Bonchev–Trinajstić information content (AvgIpc) is 2.58. The average molecular weight is 336 g/mol. The number of carbonyl (C=O) groups is 2. The molecule has 0 heterocycles. The summed E-state index contributed by atoms with van der Waals surface area (Å²) < 4.78 is 37.8. The van der Waals surface area contributed by atoms with E-state index in [1.54, 1.807) is 30.3 Å². The van der Waals surface area contributed by atoms with Crippen LogP contribution in [0.4, 0.5) is 13.2 Å². The number of benzene rings is 2. The number of alkyl halides is 3. The first-order chi connectivity index (χ1) is 11.4. The van der Waals surface area contributed by atoms with Gasteiger partial charge in [-0.05, 0) is 29.8 Å². The van der Waals surface area contributed by atoms with Gasteiger partial charge < -0.3 is 10.6 Å². The van der Waals surface area contributed by atoms with Crippen molar-refractivity contribution in [3.63, 3.8) is 0 Å². The number of nitrogens with one attached hydrogen (secondary N) is 2. The Bertz CT molecular complexity index is 715. The lowest BCUT2D eigenvalue weighted by Crippen LogP contribution is -2.36. The van der Waals surface area contributed by atoms with E-state index in [-0.39, 0.29) is 13.1 Å². The lowest BCUT2D eigenvalue weighted by atomic mass is 10.1. The van der Waals surface area contributed by atoms with Crippen molar-refractivity contribution in [2.24, 2.45) is 0 Å². The molecule has 7 heteroatoms. The quantitative estimate of drug-likeness (QED) is 0.882. The zero-order valence-electron chi connectivity index (χ0n) is 12.6. The molecule has 2 amide bonds. The number of amides is 2. The van der Waals surface area contributed by atoms with Gasteiger partial charge in [0, 0.05) is 12.1 Å². The summed E-state index contributed by atoms with van der Waals surface area (Å²) in [5.74, 6) is -0.887. The van der Waals surface area contributed by atoms with Gasteiger partial charge >= 0.3 is 6.18 Å². The number of hydrogen-bond donors (Lipinski definition) is 2. The van der Waals surface area contributed by atoms with Crippen molar-refractivity contribution < 1.29 is 22.8 Å². The molecule has 0 unspecified atom stereocenters. The van der Waals surface area contributed by atoms with E-state index < -0.39 is 23.6 Å². The predicted octanol–water partition coefficient (Wildman–Crippen LogP) is 2.75. The van der Waals surface area contributed by atoms with Crippen LogP contribution in [0.1, 0.15) is 21.5 Å². The van der Waals surface area contributed by atoms with Crippen LogP contribution in [-0.4, -0.2) is 18.4 Å². The fraction of sp³-hybridized carbons (Fsp3) is 0.176. The van der Waals surface area contributed by atoms with Crippen molar-refractivity contribution in [3.8, 4) is 0 Å². The summed E-state index contributed by atoms with van der Waals surface area (Å²) in [6, 6.07) is 13.1. The monoisotopic (exact) mass is 336 g/mol. The maximum atomic E-state index is 12.6. The Balaban J connectivity index is 1.82. The molecular formula is C17H15F3N2O2. The second-order valence-electron chi connectivity index (χ2n) is 5.02. The molecule has 126 valence electrons. The highest BCUT2D eigenvalue weighted by atomic mass is 19.4. The first kappa shape index (κ1) is 17.5. The minimum atomic E-state index is -4.43. The molecule has 2 N–H and O–H groups in total. The Hall–Kier alpha value is -2.83. The number of rotatable bonds is 5. The first-order valence-corrected chi connectivity index (χ1v) is 7.12. The standard InChI is InChI=1S/C17H15F3N2O2/c18-17(19,20)14-8-4-5-12(9-14)10-21-15(23)11-22-16(24)13-6-2-1-3-7-13/h1-9H,10-11H2,(H,21,23)(H,22,24). The summed E-state index contributed by atoms with van der Waals surface area (Å²) in [7, 11) is 0. The van der Waals surface area contributed by atoms with Crippen LogP contribution < -0.4 is 10.6 Å². The fourth-order valence-electron chi connectivity index (χ4n) is 1.97. The Morgan fingerprint density at radius 2 is 1.62 bits per heavy atom. The third-order valence-electron chi connectivity index (χ3n) is 3.19. The highest BCUT2D eigenvalue weighted by Crippen LogP contribution is 2.29. The van der Waals surface area contributed by atoms with E-state index in [9.17, 15) is 22.8 Å². The van der Waals surface area contributed by atoms with E-state index >= 15 is 0 Å². The van der Waals surface area contributed by atoms with Crippen LogP contribution in [0.25, 0.3) is 0 Å². The third kappa shape index (κ3) is 5.12. The molecule has 0 aromatic heterocycles. The molecule has 0 saturated heterocycles. The van der Waals surface area contributed by atoms with Crippen molar-refractivity contribution in [3.05, 3.63) is 71.3 Å². The summed E-state index contributed by atoms with van der Waals surface area (Å²) in [6.07, 6.45) is -4.43. The molecule has 2 aromatic carbocycles. The summed E-state index contributed by atoms with van der Waals surface area (Å²) >= 11 is 0. The lowest BCUT2D eigenvalue weighted by Gasteiger charge is -2.10. The Labute approximate surface area is 136 Å². The van der Waals surface area contributed by atoms with E-state index in [4.69, 9.17) is 0 Å². The normalized spacial score (nSPS) is 11.0. The summed E-state index contributed by atoms with van der Waals surface area (Å²) in [5, 5.41) is 4.90. The largest absolute Gasteiger partial charge is 0.416 e. The van der Waals surface area contributed by atoms with Gasteiger partial charge in [-0.15, -0.1) is 0 Å². The van der Waals surface area contributed by atoms with E-state index in [2.05, 4.69) is 10.6 Å². The summed E-state index contributed by atoms with van der Waals surface area (Å²) in [6.45, 7) is -0.309. The zero-order chi connectivity index (χ0) is 17.6. The van der Waals surface area contributed by atoms with Crippen molar-refractivity contribution in [1.82, 2.24) is 10.6 Å². The van der Waals surface area contributed by atoms with E-state index in [1.165, 1.54) is 12.1 Å². The van der Waals surface area contributed by atoms with Crippen molar-refractivity contribution in [2.75, 3.05) is 6.54 Å². The molecule has 0 aliphatic rings. The predicted molar refractivity (Wildman–Crippen MR) is 82.1 cm³/mol. The number of hydrogen-bond acceptors (Lipinski definition) is 2. The summed E-state index contributed by atoms with van der Waals surface area (Å²) in [4.78, 5) is 23.4. The van der Waals surface area contributed by atoms with Crippen LogP contribution in [0.5, 0.6) is 0 Å². The molecule has 2 rings (SSSR count). The molecule has 0 fully saturated rings. The Morgan fingerprint density at radius 1 is 0.917 bits per heavy atom. The van der Waals surface area contributed by atoms with Gasteiger partial charge in [0.2, 0.25) is 5.91 Å². The first-order valence-electron chi connectivity index (χ1n) is 7.12. The smallest absolute Gasteiger partial charge is 0.350 e. The molecule has 0 bridgehead atoms. The van der Waals surface area contributed by atoms with Crippen LogP contribution in [0.15, 0.2) is 54.6 Å². The van der Waals surface area contributed by atoms with Crippen LogP contribution >= 0.6 is 0 Å². The van der Waals surface area contributed by atoms with Crippen LogP contribution in [0.2, 0.25) is 0 Å². The molecule has 0 radical (unpaired) electrons. The highest BCUT2D eigenvalue weighted by Gasteiger charge is 2.30. The number of carbonyl (C=O) groups excluding carboxylic acids is 2. The van der Waals surface area contributed by atoms with Gasteiger partial charge in [-0.25, -0.2) is 0 Å². The van der Waals surface area contributed by atoms with Gasteiger partial charge in [-0.1, -0.05) is 30.3 Å². The van der Waals surface area contributed by atoms with Crippen LogP contribution in [0.3, 0.4) is 0 Å². The molecule has 24 heavy (non-hydrogen) atoms. The molecule has 2 aromatic rings. The lowest BCUT2D eigenvalue weighted by molar-refractivity contribution is -0.137. The SMILES string of the molecule is O=C(CNC(=O)c1ccccc1)NCc1cccc(C(F)(F)F)c1. The topological polar surface area (TPSA) is 58.2 Å². The van der Waals surface area contributed by atoms with Crippen LogP contribution in [-0.2, 0) is 17.5 Å². The van der Waals surface area contributed by atoms with Crippen molar-refractivity contribution in [1.29, 1.82) is 0 Å². The fourth-order valence-corrected chi connectivity index (χ4v) is 1.97. The van der Waals surface area contributed by atoms with E-state index in [0.717, 1.165) is 12.1 Å². The van der Waals surface area contributed by atoms with Gasteiger partial charge in [0.05, 0.1) is 12.1 Å². The summed E-state index contributed by atoms with van der Waals surface area (Å²) in [5.41, 5.74) is -0.0256. The number of halogens is 3. The highest BCUT2D eigenvalue weighted by molar-refractivity contribution is 5.96. The second kappa shape index (κ2) is 7.63. The second-order valence-corrected chi connectivity index (χ2v) is 5.02. The van der Waals surface area contributed by atoms with Crippen molar-refractivity contribution >= 4 is 11.8 Å². The Kier molecular flexibility index (Phi) is 5.57.